The largest absolute Gasteiger partial charge is 0.292 e. The van der Waals surface area contributed by atoms with Crippen LogP contribution < -0.4 is 0 Å². The van der Waals surface area contributed by atoms with Crippen molar-refractivity contribution in [2.75, 3.05) is 0 Å². The van der Waals surface area contributed by atoms with Gasteiger partial charge in [0.1, 0.15) is 6.54 Å². The van der Waals surface area contributed by atoms with E-state index >= 15 is 0 Å². The minimum absolute atomic E-state index is 0.00287. The summed E-state index contributed by atoms with van der Waals surface area (Å²) in [6.07, 6.45) is 0. The van der Waals surface area contributed by atoms with Gasteiger partial charge in [-0.2, -0.15) is 4.98 Å². The molecule has 0 spiro atoms. The van der Waals surface area contributed by atoms with Crippen LogP contribution in [0.3, 0.4) is 0 Å². The molecule has 0 aliphatic rings. The fraction of sp³-hybridized carbons (Fsp3) is 0.182. The van der Waals surface area contributed by atoms with Gasteiger partial charge >= 0.3 is 0 Å². The molecule has 0 unspecified atom stereocenters. The number of Topliss-reactive ketones (excluding diaryl/α,β-unsaturated/α-hetero) is 1. The Labute approximate surface area is 115 Å². The summed E-state index contributed by atoms with van der Waals surface area (Å²) in [6, 6.07) is 7.47. The van der Waals surface area contributed by atoms with E-state index in [1.807, 2.05) is 31.2 Å². The number of rotatable bonds is 3. The second-order valence-corrected chi connectivity index (χ2v) is 5.02. The van der Waals surface area contributed by atoms with E-state index in [-0.39, 0.29) is 12.3 Å². The molecule has 0 atom stereocenters. The number of carbonyl (C=O) groups is 1. The Morgan fingerprint density at radius 3 is 2.47 bits per heavy atom. The first-order chi connectivity index (χ1) is 8.06. The van der Waals surface area contributed by atoms with Gasteiger partial charge in [-0.15, -0.1) is 5.10 Å². The number of nitrogens with zero attached hydrogens (tertiary/aromatic N) is 3. The molecule has 6 heteroatoms. The number of benzene rings is 1. The second-order valence-electron chi connectivity index (χ2n) is 3.60. The number of ketones is 1. The molecule has 1 aromatic carbocycles. The van der Waals surface area contributed by atoms with E-state index in [0.717, 1.165) is 5.56 Å². The topological polar surface area (TPSA) is 47.8 Å². The number of hydrogen-bond donors (Lipinski definition) is 0. The van der Waals surface area contributed by atoms with E-state index < -0.39 is 0 Å². The summed E-state index contributed by atoms with van der Waals surface area (Å²) in [6.45, 7) is 2.15. The van der Waals surface area contributed by atoms with Gasteiger partial charge in [0.05, 0.1) is 0 Å². The van der Waals surface area contributed by atoms with Crippen LogP contribution in [-0.4, -0.2) is 20.5 Å². The van der Waals surface area contributed by atoms with Gasteiger partial charge in [-0.3, -0.25) is 4.79 Å². The van der Waals surface area contributed by atoms with Gasteiger partial charge in [-0.1, -0.05) is 29.8 Å². The highest BCUT2D eigenvalue weighted by Gasteiger charge is 2.11. The van der Waals surface area contributed by atoms with E-state index in [4.69, 9.17) is 0 Å². The summed E-state index contributed by atoms with van der Waals surface area (Å²) in [4.78, 5) is 16.0. The molecule has 1 aromatic heterocycles. The van der Waals surface area contributed by atoms with Gasteiger partial charge in [0.15, 0.2) is 10.5 Å². The molecule has 0 amide bonds. The monoisotopic (exact) mass is 357 g/mol. The van der Waals surface area contributed by atoms with Gasteiger partial charge in [0, 0.05) is 5.56 Å². The van der Waals surface area contributed by atoms with Gasteiger partial charge in [-0.05, 0) is 38.8 Å². The summed E-state index contributed by atoms with van der Waals surface area (Å²) in [5, 5.41) is 4.05. The van der Waals surface area contributed by atoms with Crippen molar-refractivity contribution < 1.29 is 4.79 Å². The molecule has 17 heavy (non-hydrogen) atoms. The van der Waals surface area contributed by atoms with Crippen LogP contribution >= 0.6 is 31.9 Å². The summed E-state index contributed by atoms with van der Waals surface area (Å²) >= 11 is 6.39. The average Bonchev–Trinajstić information content (AvgIpc) is 2.58. The van der Waals surface area contributed by atoms with Crippen LogP contribution in [0.1, 0.15) is 15.9 Å². The maximum atomic E-state index is 12.0. The molecule has 1 heterocycles. The molecule has 0 saturated heterocycles. The van der Waals surface area contributed by atoms with Crippen molar-refractivity contribution in [3.05, 3.63) is 44.9 Å². The maximum absolute atomic E-state index is 12.0. The van der Waals surface area contributed by atoms with Crippen LogP contribution in [0.2, 0.25) is 0 Å². The quantitative estimate of drug-likeness (QED) is 0.792. The Morgan fingerprint density at radius 2 is 1.94 bits per heavy atom. The zero-order valence-corrected chi connectivity index (χ0v) is 12.2. The number of aromatic nitrogens is 3. The van der Waals surface area contributed by atoms with Gasteiger partial charge in [0.25, 0.3) is 0 Å². The molecule has 4 nitrogen and oxygen atoms in total. The highest BCUT2D eigenvalue weighted by atomic mass is 79.9. The highest BCUT2D eigenvalue weighted by molar-refractivity contribution is 9.11. The molecule has 2 aromatic rings. The third-order valence-electron chi connectivity index (χ3n) is 2.27. The summed E-state index contributed by atoms with van der Waals surface area (Å²) < 4.78 is 2.50. The van der Waals surface area contributed by atoms with Gasteiger partial charge < -0.3 is 0 Å². The number of carbonyl (C=O) groups excluding carboxylic acids is 1. The van der Waals surface area contributed by atoms with Gasteiger partial charge in [0.2, 0.25) is 4.73 Å². The van der Waals surface area contributed by atoms with Crippen LogP contribution in [0.25, 0.3) is 0 Å². The summed E-state index contributed by atoms with van der Waals surface area (Å²) in [5.74, 6) is 0.00287. The average molecular weight is 359 g/mol. The van der Waals surface area contributed by atoms with Crippen LogP contribution in [0.4, 0.5) is 0 Å². The van der Waals surface area contributed by atoms with E-state index in [0.29, 0.717) is 15.0 Å². The first kappa shape index (κ1) is 12.4. The second kappa shape index (κ2) is 5.10. The van der Waals surface area contributed by atoms with E-state index in [1.165, 1.54) is 4.68 Å². The van der Waals surface area contributed by atoms with Crippen molar-refractivity contribution >= 4 is 37.6 Å². The predicted molar refractivity (Wildman–Crippen MR) is 70.9 cm³/mol. The molecule has 0 fully saturated rings. The zero-order chi connectivity index (χ0) is 12.4. The molecule has 0 bridgehead atoms. The van der Waals surface area contributed by atoms with Crippen LogP contribution in [-0.2, 0) is 6.54 Å². The lowest BCUT2D eigenvalue weighted by atomic mass is 10.1. The Balaban J connectivity index is 2.17. The molecule has 0 saturated carbocycles. The van der Waals surface area contributed by atoms with Crippen molar-refractivity contribution in [1.82, 2.24) is 14.8 Å². The standard InChI is InChI=1S/C11H9Br2N3O/c1-7-2-4-8(5-3-7)9(17)6-16-11(13)14-10(12)15-16/h2-5H,6H2,1H3. The van der Waals surface area contributed by atoms with Crippen molar-refractivity contribution in [3.63, 3.8) is 0 Å². The van der Waals surface area contributed by atoms with Crippen LogP contribution in [0.5, 0.6) is 0 Å². The highest BCUT2D eigenvalue weighted by Crippen LogP contribution is 2.12. The SMILES string of the molecule is Cc1ccc(C(=O)Cn2nc(Br)nc2Br)cc1. The molecule has 0 aliphatic carbocycles. The minimum atomic E-state index is 0.00287. The molecule has 0 N–H and O–H groups in total. The number of hydrogen-bond acceptors (Lipinski definition) is 3. The first-order valence-electron chi connectivity index (χ1n) is 4.92. The Morgan fingerprint density at radius 1 is 1.29 bits per heavy atom. The zero-order valence-electron chi connectivity index (χ0n) is 9.02. The minimum Gasteiger partial charge on any atom is -0.292 e. The molecule has 0 radical (unpaired) electrons. The molecule has 0 aliphatic heterocycles. The summed E-state index contributed by atoms with van der Waals surface area (Å²) in [5.41, 5.74) is 1.81. The predicted octanol–water partition coefficient (Wildman–Crippen LogP) is 2.99. The molecule has 88 valence electrons. The molecule has 2 rings (SSSR count). The lowest BCUT2D eigenvalue weighted by molar-refractivity contribution is 0.0966. The smallest absolute Gasteiger partial charge is 0.218 e. The van der Waals surface area contributed by atoms with Crippen LogP contribution in [0.15, 0.2) is 33.7 Å². The molecular formula is C11H9Br2N3O. The first-order valence-corrected chi connectivity index (χ1v) is 6.50. The van der Waals surface area contributed by atoms with Crippen molar-refractivity contribution in [1.29, 1.82) is 0 Å². The van der Waals surface area contributed by atoms with E-state index in [1.54, 1.807) is 0 Å². The Hall–Kier alpha value is -1.01. The summed E-state index contributed by atoms with van der Waals surface area (Å²) in [7, 11) is 0. The van der Waals surface area contributed by atoms with E-state index in [2.05, 4.69) is 41.9 Å². The molecular weight excluding hydrogens is 350 g/mol. The van der Waals surface area contributed by atoms with Gasteiger partial charge in [-0.25, -0.2) is 4.68 Å². The van der Waals surface area contributed by atoms with Crippen LogP contribution in [0, 0.1) is 6.92 Å². The normalized spacial score (nSPS) is 10.5. The number of aryl methyl sites for hydroxylation is 1. The Bertz CT molecular complexity index is 548. The third-order valence-corrected chi connectivity index (χ3v) is 3.19. The fourth-order valence-electron chi connectivity index (χ4n) is 1.36. The van der Waals surface area contributed by atoms with Crippen molar-refractivity contribution in [3.8, 4) is 0 Å². The number of halogens is 2. The maximum Gasteiger partial charge on any atom is 0.218 e. The third kappa shape index (κ3) is 3.01. The van der Waals surface area contributed by atoms with Crippen molar-refractivity contribution in [2.45, 2.75) is 13.5 Å². The van der Waals surface area contributed by atoms with E-state index in [9.17, 15) is 4.79 Å². The van der Waals surface area contributed by atoms with Crippen molar-refractivity contribution in [2.24, 2.45) is 0 Å². The lowest BCUT2D eigenvalue weighted by Crippen LogP contribution is -2.12. The Kier molecular flexibility index (Phi) is 3.73. The fourth-order valence-corrected chi connectivity index (χ4v) is 2.33. The lowest BCUT2D eigenvalue weighted by Gasteiger charge is -2.02.